The summed E-state index contributed by atoms with van der Waals surface area (Å²) in [5.74, 6) is -1.86. The van der Waals surface area contributed by atoms with Gasteiger partial charge in [0.1, 0.15) is 0 Å². The van der Waals surface area contributed by atoms with Gasteiger partial charge in [0.15, 0.2) is 14.9 Å². The maximum Gasteiger partial charge on any atom is 0.471 e. The first kappa shape index (κ1) is 26.3. The van der Waals surface area contributed by atoms with E-state index in [2.05, 4.69) is 10.3 Å². The second-order valence-electron chi connectivity index (χ2n) is 9.53. The van der Waals surface area contributed by atoms with Crippen LogP contribution in [0.5, 0.6) is 0 Å². The molecule has 1 aliphatic heterocycles. The van der Waals surface area contributed by atoms with E-state index in [-0.39, 0.29) is 43.3 Å². The van der Waals surface area contributed by atoms with Crippen LogP contribution in [0.15, 0.2) is 35.5 Å². The van der Waals surface area contributed by atoms with E-state index < -0.39 is 27.3 Å². The lowest BCUT2D eigenvalue weighted by molar-refractivity contribution is -0.185. The molecule has 1 N–H and O–H groups in total. The van der Waals surface area contributed by atoms with Crippen molar-refractivity contribution < 1.29 is 26.4 Å². The number of pyridine rings is 1. The van der Waals surface area contributed by atoms with Gasteiger partial charge >= 0.3 is 12.1 Å². The smallest absolute Gasteiger partial charge is 0.379 e. The van der Waals surface area contributed by atoms with Gasteiger partial charge in [-0.1, -0.05) is 44.5 Å². The number of anilines is 1. The quantitative estimate of drug-likeness (QED) is 0.624. The first-order valence-corrected chi connectivity index (χ1v) is 12.8. The maximum atomic E-state index is 12.9. The standard InChI is InChI=1S/C23H27ClF3N3O3S/c1-22(2,3)14-34(32,33)19-7-4-15(12-28-19)13-29-20-17-9-11-30(21(31)23(25,26)27)10-8-16(17)5-6-18(20)24/h4-7,12,29H,8-11,13-14H2,1-3H3. The van der Waals surface area contributed by atoms with E-state index in [0.29, 0.717) is 16.3 Å². The van der Waals surface area contributed by atoms with Crippen LogP contribution < -0.4 is 5.32 Å². The van der Waals surface area contributed by atoms with Crippen LogP contribution in [0, 0.1) is 5.41 Å². The molecule has 2 heterocycles. The fourth-order valence-corrected chi connectivity index (χ4v) is 5.92. The van der Waals surface area contributed by atoms with Crippen molar-refractivity contribution >= 4 is 33.0 Å². The van der Waals surface area contributed by atoms with Crippen LogP contribution in [-0.2, 0) is 34.0 Å². The largest absolute Gasteiger partial charge is 0.471 e. The molecule has 1 aromatic heterocycles. The highest BCUT2D eigenvalue weighted by molar-refractivity contribution is 7.91. The highest BCUT2D eigenvalue weighted by atomic mass is 35.5. The third-order valence-corrected chi connectivity index (χ3v) is 7.82. The zero-order valence-electron chi connectivity index (χ0n) is 19.2. The highest BCUT2D eigenvalue weighted by Gasteiger charge is 2.42. The Balaban J connectivity index is 1.74. The fraction of sp³-hybridized carbons (Fsp3) is 0.478. The Morgan fingerprint density at radius 1 is 1.12 bits per heavy atom. The maximum absolute atomic E-state index is 12.9. The Bertz CT molecular complexity index is 1160. The van der Waals surface area contributed by atoms with Crippen molar-refractivity contribution in [3.8, 4) is 0 Å². The molecule has 1 amide bonds. The number of rotatable bonds is 5. The summed E-state index contributed by atoms with van der Waals surface area (Å²) in [4.78, 5) is 16.6. The molecule has 6 nitrogen and oxygen atoms in total. The van der Waals surface area contributed by atoms with Crippen molar-refractivity contribution in [2.24, 2.45) is 5.41 Å². The summed E-state index contributed by atoms with van der Waals surface area (Å²) in [5.41, 5.74) is 2.49. The van der Waals surface area contributed by atoms with Crippen molar-refractivity contribution in [2.75, 3.05) is 24.2 Å². The van der Waals surface area contributed by atoms with Gasteiger partial charge in [0.05, 0.1) is 16.5 Å². The lowest BCUT2D eigenvalue weighted by Gasteiger charge is -2.21. The van der Waals surface area contributed by atoms with Gasteiger partial charge in [0, 0.05) is 25.8 Å². The Kier molecular flexibility index (Phi) is 7.52. The molecule has 186 valence electrons. The van der Waals surface area contributed by atoms with Gasteiger partial charge in [-0.05, 0) is 47.1 Å². The molecule has 1 aromatic carbocycles. The van der Waals surface area contributed by atoms with Crippen molar-refractivity contribution in [2.45, 2.75) is 51.4 Å². The minimum absolute atomic E-state index is 0.00667. The normalized spacial score (nSPS) is 15.0. The number of sulfone groups is 1. The molecule has 11 heteroatoms. The average molecular weight is 518 g/mol. The number of hydrogen-bond acceptors (Lipinski definition) is 5. The van der Waals surface area contributed by atoms with Crippen LogP contribution in [0.4, 0.5) is 18.9 Å². The predicted molar refractivity (Wildman–Crippen MR) is 125 cm³/mol. The second kappa shape index (κ2) is 9.73. The van der Waals surface area contributed by atoms with Gasteiger partial charge in [-0.25, -0.2) is 13.4 Å². The third kappa shape index (κ3) is 6.41. The number of halogens is 4. The molecule has 0 bridgehead atoms. The monoisotopic (exact) mass is 517 g/mol. The zero-order valence-corrected chi connectivity index (χ0v) is 20.7. The summed E-state index contributed by atoms with van der Waals surface area (Å²) in [6, 6.07) is 6.56. The molecule has 0 atom stereocenters. The van der Waals surface area contributed by atoms with E-state index >= 15 is 0 Å². The Labute approximate surface area is 202 Å². The number of fused-ring (bicyclic) bond motifs is 1. The molecule has 0 unspecified atom stereocenters. The minimum Gasteiger partial charge on any atom is -0.379 e. The number of alkyl halides is 3. The number of benzene rings is 1. The molecule has 0 saturated heterocycles. The molecule has 2 aromatic rings. The van der Waals surface area contributed by atoms with E-state index in [4.69, 9.17) is 11.6 Å². The van der Waals surface area contributed by atoms with Crippen LogP contribution in [0.1, 0.15) is 37.5 Å². The van der Waals surface area contributed by atoms with Gasteiger partial charge in [-0.2, -0.15) is 13.2 Å². The van der Waals surface area contributed by atoms with Crippen LogP contribution in [0.25, 0.3) is 0 Å². The van der Waals surface area contributed by atoms with Gasteiger partial charge in [-0.15, -0.1) is 0 Å². The molecular formula is C23H27ClF3N3O3S. The number of nitrogens with one attached hydrogen (secondary N) is 1. The minimum atomic E-state index is -4.91. The van der Waals surface area contributed by atoms with Gasteiger partial charge < -0.3 is 10.2 Å². The van der Waals surface area contributed by atoms with Crippen molar-refractivity contribution in [1.82, 2.24) is 9.88 Å². The Morgan fingerprint density at radius 2 is 1.79 bits per heavy atom. The average Bonchev–Trinajstić information content (AvgIpc) is 2.93. The molecule has 0 aliphatic carbocycles. The van der Waals surface area contributed by atoms with E-state index in [0.717, 1.165) is 16.0 Å². The number of carbonyl (C=O) groups is 1. The van der Waals surface area contributed by atoms with Gasteiger partial charge in [0.2, 0.25) is 0 Å². The molecular weight excluding hydrogens is 491 g/mol. The van der Waals surface area contributed by atoms with Crippen LogP contribution in [0.3, 0.4) is 0 Å². The number of nitrogens with zero attached hydrogens (tertiary/aromatic N) is 2. The molecule has 34 heavy (non-hydrogen) atoms. The fourth-order valence-electron chi connectivity index (χ4n) is 3.90. The molecule has 0 saturated carbocycles. The van der Waals surface area contributed by atoms with E-state index in [1.165, 1.54) is 12.3 Å². The van der Waals surface area contributed by atoms with E-state index in [1.807, 2.05) is 20.8 Å². The van der Waals surface area contributed by atoms with Crippen LogP contribution in [0.2, 0.25) is 5.02 Å². The third-order valence-electron chi connectivity index (χ3n) is 5.38. The second-order valence-corrected chi connectivity index (χ2v) is 11.9. The highest BCUT2D eigenvalue weighted by Crippen LogP contribution is 2.33. The lowest BCUT2D eigenvalue weighted by Crippen LogP contribution is -2.42. The summed E-state index contributed by atoms with van der Waals surface area (Å²) in [5, 5.41) is 3.62. The Morgan fingerprint density at radius 3 is 2.38 bits per heavy atom. The number of hydrogen-bond donors (Lipinski definition) is 1. The molecule has 0 spiro atoms. The van der Waals surface area contributed by atoms with Gasteiger partial charge in [-0.3, -0.25) is 4.79 Å². The first-order chi connectivity index (χ1) is 15.7. The Hall–Kier alpha value is -2.33. The van der Waals surface area contributed by atoms with E-state index in [1.54, 1.807) is 18.2 Å². The zero-order chi connectivity index (χ0) is 25.3. The molecule has 3 rings (SSSR count). The molecule has 0 fully saturated rings. The summed E-state index contributed by atoms with van der Waals surface area (Å²) in [6.07, 6.45) is -2.93. The summed E-state index contributed by atoms with van der Waals surface area (Å²) in [6.45, 7) is 5.71. The number of carbonyl (C=O) groups excluding carboxylic acids is 1. The number of amides is 1. The van der Waals surface area contributed by atoms with Crippen LogP contribution >= 0.6 is 11.6 Å². The van der Waals surface area contributed by atoms with Crippen LogP contribution in [-0.4, -0.2) is 49.2 Å². The molecule has 1 aliphatic rings. The number of aromatic nitrogens is 1. The summed E-state index contributed by atoms with van der Waals surface area (Å²) < 4.78 is 63.6. The predicted octanol–water partition coefficient (Wildman–Crippen LogP) is 4.66. The first-order valence-electron chi connectivity index (χ1n) is 10.8. The van der Waals surface area contributed by atoms with Crippen molar-refractivity contribution in [1.29, 1.82) is 0 Å². The van der Waals surface area contributed by atoms with E-state index in [9.17, 15) is 26.4 Å². The van der Waals surface area contributed by atoms with Crippen molar-refractivity contribution in [3.05, 3.63) is 52.2 Å². The molecule has 0 radical (unpaired) electrons. The summed E-state index contributed by atoms with van der Waals surface area (Å²) in [7, 11) is -3.51. The lowest BCUT2D eigenvalue weighted by atomic mass is 10.0. The summed E-state index contributed by atoms with van der Waals surface area (Å²) >= 11 is 6.38. The van der Waals surface area contributed by atoms with Gasteiger partial charge in [0.25, 0.3) is 0 Å². The SMILES string of the molecule is CC(C)(C)CS(=O)(=O)c1ccc(CNc2c(Cl)ccc3c2CCN(C(=O)C(F)(F)F)CC3)cn1. The topological polar surface area (TPSA) is 79.4 Å². The van der Waals surface area contributed by atoms with Crippen molar-refractivity contribution in [3.63, 3.8) is 0 Å².